The minimum Gasteiger partial charge on any atom is -0.322 e. The third-order valence-electron chi connectivity index (χ3n) is 7.27. The number of nitriles is 1. The van der Waals surface area contributed by atoms with E-state index in [1.54, 1.807) is 30.3 Å². The summed E-state index contributed by atoms with van der Waals surface area (Å²) >= 11 is 5.88. The van der Waals surface area contributed by atoms with Crippen molar-refractivity contribution in [3.63, 3.8) is 0 Å². The van der Waals surface area contributed by atoms with Crippen LogP contribution in [-0.2, 0) is 4.79 Å². The van der Waals surface area contributed by atoms with Gasteiger partial charge in [-0.3, -0.25) is 10.1 Å². The van der Waals surface area contributed by atoms with Crippen LogP contribution < -0.4 is 16.0 Å². The van der Waals surface area contributed by atoms with E-state index in [9.17, 15) is 19.2 Å². The molecule has 2 aliphatic rings. The highest BCUT2D eigenvalue weighted by atomic mass is 35.5. The highest BCUT2D eigenvalue weighted by molar-refractivity contribution is 6.30. The van der Waals surface area contributed by atoms with E-state index in [1.807, 2.05) is 25.1 Å². The van der Waals surface area contributed by atoms with E-state index in [0.717, 1.165) is 17.7 Å². The molecule has 0 unspecified atom stereocenters. The number of carbonyl (C=O) groups excluding carboxylic acids is 2. The van der Waals surface area contributed by atoms with Crippen LogP contribution >= 0.6 is 11.6 Å². The van der Waals surface area contributed by atoms with Crippen molar-refractivity contribution in [3.05, 3.63) is 88.3 Å². The first-order valence-corrected chi connectivity index (χ1v) is 13.7. The Morgan fingerprint density at radius 1 is 1.15 bits per heavy atom. The summed E-state index contributed by atoms with van der Waals surface area (Å²) in [6, 6.07) is 15.8. The number of anilines is 2. The van der Waals surface area contributed by atoms with Crippen LogP contribution in [0.3, 0.4) is 0 Å². The zero-order chi connectivity index (χ0) is 28.2. The molecule has 3 atom stereocenters. The number of pyridine rings is 1. The highest BCUT2D eigenvalue weighted by Crippen LogP contribution is 2.32. The molecule has 2 heterocycles. The summed E-state index contributed by atoms with van der Waals surface area (Å²) in [6.45, 7) is 3.14. The van der Waals surface area contributed by atoms with Crippen LogP contribution in [0.25, 0.3) is 0 Å². The molecule has 3 N–H and O–H groups in total. The predicted octanol–water partition coefficient (Wildman–Crippen LogP) is 5.72. The molecular weight excluding hydrogens is 531 g/mol. The lowest BCUT2D eigenvalue weighted by Crippen LogP contribution is -2.45. The molecule has 2 aromatic carbocycles. The van der Waals surface area contributed by atoms with Crippen molar-refractivity contribution in [2.45, 2.75) is 38.3 Å². The third-order valence-corrected chi connectivity index (χ3v) is 7.50. The number of urea groups is 1. The molecular formula is C30H30ClFN6O2. The number of hydrogen-bond acceptors (Lipinski definition) is 5. The van der Waals surface area contributed by atoms with Crippen LogP contribution in [0.15, 0.2) is 60.8 Å². The Morgan fingerprint density at radius 3 is 2.67 bits per heavy atom. The number of rotatable bonds is 8. The lowest BCUT2D eigenvalue weighted by atomic mass is 9.96. The quantitative estimate of drug-likeness (QED) is 0.326. The SMILES string of the molecule is C[C@@H]1C[C@H](C(=O)Nc2cc([C@H](NCC3CC3)c3cccc(C#N)c3)ccc2F)N(C(=O)Nc2ccc(Cl)cn2)C1. The summed E-state index contributed by atoms with van der Waals surface area (Å²) in [4.78, 5) is 32.0. The minimum absolute atomic E-state index is 0.0384. The van der Waals surface area contributed by atoms with Gasteiger partial charge < -0.3 is 15.5 Å². The van der Waals surface area contributed by atoms with Crippen molar-refractivity contribution in [1.82, 2.24) is 15.2 Å². The van der Waals surface area contributed by atoms with Crippen molar-refractivity contribution >= 4 is 35.0 Å². The molecule has 5 rings (SSSR count). The maximum Gasteiger partial charge on any atom is 0.323 e. The van der Waals surface area contributed by atoms with Gasteiger partial charge in [0.1, 0.15) is 17.7 Å². The molecule has 1 aliphatic heterocycles. The van der Waals surface area contributed by atoms with Crippen molar-refractivity contribution < 1.29 is 14.0 Å². The number of carbonyl (C=O) groups is 2. The van der Waals surface area contributed by atoms with E-state index in [4.69, 9.17) is 11.6 Å². The van der Waals surface area contributed by atoms with Crippen LogP contribution in [0.4, 0.5) is 20.7 Å². The predicted molar refractivity (Wildman–Crippen MR) is 151 cm³/mol. The molecule has 40 heavy (non-hydrogen) atoms. The molecule has 0 spiro atoms. The Hall–Kier alpha value is -4.00. The normalized spacial score (nSPS) is 19.1. The van der Waals surface area contributed by atoms with Gasteiger partial charge in [0.2, 0.25) is 5.91 Å². The average Bonchev–Trinajstić information content (AvgIpc) is 3.70. The molecule has 0 bridgehead atoms. The number of aromatic nitrogens is 1. The maximum absolute atomic E-state index is 15.0. The lowest BCUT2D eigenvalue weighted by Gasteiger charge is -2.25. The number of amides is 3. The average molecular weight is 561 g/mol. The first-order valence-electron chi connectivity index (χ1n) is 13.3. The molecule has 8 nitrogen and oxygen atoms in total. The Kier molecular flexibility index (Phi) is 8.29. The van der Waals surface area contributed by atoms with Gasteiger partial charge in [-0.05, 0) is 85.2 Å². The molecule has 3 aromatic rings. The van der Waals surface area contributed by atoms with Crippen molar-refractivity contribution in [2.75, 3.05) is 23.7 Å². The van der Waals surface area contributed by atoms with Crippen LogP contribution in [0.2, 0.25) is 5.02 Å². The second kappa shape index (κ2) is 12.0. The Bertz CT molecular complexity index is 1440. The van der Waals surface area contributed by atoms with Crippen LogP contribution in [0.1, 0.15) is 48.9 Å². The third kappa shape index (κ3) is 6.58. The Morgan fingerprint density at radius 2 is 1.95 bits per heavy atom. The second-order valence-electron chi connectivity index (χ2n) is 10.6. The van der Waals surface area contributed by atoms with Crippen molar-refractivity contribution in [3.8, 4) is 6.07 Å². The van der Waals surface area contributed by atoms with Gasteiger partial charge in [0, 0.05) is 12.7 Å². The van der Waals surface area contributed by atoms with E-state index in [1.165, 1.54) is 30.0 Å². The molecule has 2 fully saturated rings. The molecule has 1 aromatic heterocycles. The molecule has 1 saturated heterocycles. The summed E-state index contributed by atoms with van der Waals surface area (Å²) in [5.41, 5.74) is 2.22. The van der Waals surface area contributed by atoms with Crippen molar-refractivity contribution in [2.24, 2.45) is 11.8 Å². The number of nitrogens with one attached hydrogen (secondary N) is 3. The Balaban J connectivity index is 1.35. The van der Waals surface area contributed by atoms with Gasteiger partial charge in [-0.1, -0.05) is 36.7 Å². The molecule has 10 heteroatoms. The van der Waals surface area contributed by atoms with Gasteiger partial charge in [-0.25, -0.2) is 14.2 Å². The lowest BCUT2D eigenvalue weighted by molar-refractivity contribution is -0.119. The number of benzene rings is 2. The van der Waals surface area contributed by atoms with Gasteiger partial charge in [-0.2, -0.15) is 5.26 Å². The maximum atomic E-state index is 15.0. The fourth-order valence-corrected chi connectivity index (χ4v) is 5.12. The standard InChI is InChI=1S/C30H30ClFN6O2/c1-18-11-26(38(17-18)30(40)37-27-10-8-23(31)16-34-27)29(39)36-25-13-22(7-9-24(25)32)28(35-15-19-5-6-19)21-4-2-3-20(12-21)14-33/h2-4,7-10,12-13,16,18-19,26,28,35H,5-6,11,15,17H2,1H3,(H,36,39)(H,34,37,40)/t18-,26-,28-/m1/s1. The summed E-state index contributed by atoms with van der Waals surface area (Å²) in [6.07, 6.45) is 4.20. The van der Waals surface area contributed by atoms with Crippen LogP contribution in [-0.4, -0.2) is 41.0 Å². The molecule has 0 radical (unpaired) electrons. The van der Waals surface area contributed by atoms with E-state index in [-0.39, 0.29) is 17.6 Å². The summed E-state index contributed by atoms with van der Waals surface area (Å²) in [7, 11) is 0. The first kappa shape index (κ1) is 27.6. The largest absolute Gasteiger partial charge is 0.323 e. The Labute approximate surface area is 237 Å². The zero-order valence-corrected chi connectivity index (χ0v) is 22.8. The molecule has 1 saturated carbocycles. The topological polar surface area (TPSA) is 110 Å². The monoisotopic (exact) mass is 560 g/mol. The molecule has 3 amide bonds. The first-order chi connectivity index (χ1) is 19.3. The number of nitrogens with zero attached hydrogens (tertiary/aromatic N) is 3. The van der Waals surface area contributed by atoms with Crippen LogP contribution in [0, 0.1) is 29.0 Å². The summed E-state index contributed by atoms with van der Waals surface area (Å²) in [5, 5.41) is 18.8. The van der Waals surface area contributed by atoms with Gasteiger partial charge in [-0.15, -0.1) is 0 Å². The molecule has 206 valence electrons. The van der Waals surface area contributed by atoms with Gasteiger partial charge in [0.25, 0.3) is 0 Å². The smallest absolute Gasteiger partial charge is 0.322 e. The van der Waals surface area contributed by atoms with E-state index in [0.29, 0.717) is 35.3 Å². The number of halogens is 2. The zero-order valence-electron chi connectivity index (χ0n) is 22.0. The van der Waals surface area contributed by atoms with E-state index >= 15 is 0 Å². The van der Waals surface area contributed by atoms with Gasteiger partial charge in [0.15, 0.2) is 0 Å². The van der Waals surface area contributed by atoms with E-state index < -0.39 is 23.8 Å². The van der Waals surface area contributed by atoms with Gasteiger partial charge in [0.05, 0.1) is 28.4 Å². The van der Waals surface area contributed by atoms with Gasteiger partial charge >= 0.3 is 6.03 Å². The second-order valence-corrected chi connectivity index (χ2v) is 11.0. The summed E-state index contributed by atoms with van der Waals surface area (Å²) in [5.74, 6) is -0.0352. The number of likely N-dealkylation sites (tertiary alicyclic amines) is 1. The van der Waals surface area contributed by atoms with E-state index in [2.05, 4.69) is 27.0 Å². The minimum atomic E-state index is -0.776. The van der Waals surface area contributed by atoms with Crippen molar-refractivity contribution in [1.29, 1.82) is 5.26 Å². The molecule has 1 aliphatic carbocycles. The summed E-state index contributed by atoms with van der Waals surface area (Å²) < 4.78 is 15.0. The number of hydrogen-bond donors (Lipinski definition) is 3. The fourth-order valence-electron chi connectivity index (χ4n) is 5.01. The fraction of sp³-hybridized carbons (Fsp3) is 0.333. The highest BCUT2D eigenvalue weighted by Gasteiger charge is 2.38. The van der Waals surface area contributed by atoms with Crippen LogP contribution in [0.5, 0.6) is 0 Å².